The van der Waals surface area contributed by atoms with Crippen LogP contribution in [0, 0.1) is 12.7 Å². The Morgan fingerprint density at radius 2 is 2.13 bits per heavy atom. The summed E-state index contributed by atoms with van der Waals surface area (Å²) >= 11 is 0. The first-order valence-corrected chi connectivity index (χ1v) is 5.17. The molecule has 0 amide bonds. The van der Waals surface area contributed by atoms with E-state index >= 15 is 0 Å². The van der Waals surface area contributed by atoms with Crippen molar-refractivity contribution < 1.29 is 4.39 Å². The summed E-state index contributed by atoms with van der Waals surface area (Å²) in [4.78, 5) is 0. The van der Waals surface area contributed by atoms with Crippen molar-refractivity contribution in [3.8, 4) is 0 Å². The summed E-state index contributed by atoms with van der Waals surface area (Å²) in [5.74, 6) is -0.117. The Bertz CT molecular complexity index is 386. The zero-order valence-corrected chi connectivity index (χ0v) is 9.55. The van der Waals surface area contributed by atoms with Crippen molar-refractivity contribution in [1.29, 1.82) is 0 Å². The van der Waals surface area contributed by atoms with Crippen molar-refractivity contribution >= 4 is 0 Å². The van der Waals surface area contributed by atoms with Gasteiger partial charge in [0.25, 0.3) is 0 Å². The van der Waals surface area contributed by atoms with Crippen LogP contribution in [-0.2, 0) is 6.42 Å². The van der Waals surface area contributed by atoms with Gasteiger partial charge in [-0.05, 0) is 38.8 Å². The Morgan fingerprint density at radius 1 is 1.40 bits per heavy atom. The minimum absolute atomic E-state index is 0.117. The third kappa shape index (κ3) is 3.70. The van der Waals surface area contributed by atoms with Crippen LogP contribution in [0.5, 0.6) is 0 Å². The molecule has 1 aromatic rings. The lowest BCUT2D eigenvalue weighted by atomic mass is 10.0. The Balaban J connectivity index is 2.84. The molecule has 80 valence electrons. The topological polar surface area (TPSA) is 0 Å². The van der Waals surface area contributed by atoms with Crippen molar-refractivity contribution in [2.24, 2.45) is 0 Å². The first-order chi connectivity index (χ1) is 7.13. The monoisotopic (exact) mass is 204 g/mol. The number of halogens is 1. The molecule has 1 rings (SSSR count). The molecular formula is C14H17F. The maximum atomic E-state index is 13.4. The van der Waals surface area contributed by atoms with Crippen LogP contribution in [0.1, 0.15) is 25.0 Å². The zero-order valence-electron chi connectivity index (χ0n) is 9.55. The largest absolute Gasteiger partial charge is 0.207 e. The van der Waals surface area contributed by atoms with Crippen molar-refractivity contribution in [2.75, 3.05) is 0 Å². The highest BCUT2D eigenvalue weighted by molar-refractivity contribution is 5.28. The lowest BCUT2D eigenvalue weighted by Crippen LogP contribution is -1.92. The van der Waals surface area contributed by atoms with E-state index < -0.39 is 0 Å². The summed E-state index contributed by atoms with van der Waals surface area (Å²) < 4.78 is 13.4. The fourth-order valence-corrected chi connectivity index (χ4v) is 1.46. The van der Waals surface area contributed by atoms with Crippen molar-refractivity contribution in [1.82, 2.24) is 0 Å². The molecule has 0 aliphatic rings. The second-order valence-electron chi connectivity index (χ2n) is 3.81. The van der Waals surface area contributed by atoms with Crippen LogP contribution >= 0.6 is 0 Å². The molecule has 0 nitrogen and oxygen atoms in total. The molecule has 0 fully saturated rings. The minimum atomic E-state index is -0.117. The lowest BCUT2D eigenvalue weighted by molar-refractivity contribution is 0.613. The highest BCUT2D eigenvalue weighted by atomic mass is 19.1. The fraction of sp³-hybridized carbons (Fsp3) is 0.286. The standard InChI is InChI=1S/C14H17F/c1-4-5-6-11(2)9-13-10-12(3)7-8-14(13)15/h4-8,10H,9H2,1-3H3/b5-4-,11-6+. The molecule has 1 aromatic carbocycles. The molecule has 0 aromatic heterocycles. The van der Waals surface area contributed by atoms with Gasteiger partial charge in [0.15, 0.2) is 0 Å². The van der Waals surface area contributed by atoms with Crippen LogP contribution < -0.4 is 0 Å². The average molecular weight is 204 g/mol. The molecule has 0 bridgehead atoms. The van der Waals surface area contributed by atoms with E-state index in [2.05, 4.69) is 0 Å². The van der Waals surface area contributed by atoms with Crippen LogP contribution in [0.2, 0.25) is 0 Å². The van der Waals surface area contributed by atoms with Crippen LogP contribution in [0.3, 0.4) is 0 Å². The molecule has 1 heteroatoms. The minimum Gasteiger partial charge on any atom is -0.207 e. The lowest BCUT2D eigenvalue weighted by Gasteiger charge is -2.04. The Kier molecular flexibility index (Phi) is 4.29. The Hall–Kier alpha value is -1.37. The summed E-state index contributed by atoms with van der Waals surface area (Å²) in [5, 5.41) is 0. The number of aryl methyl sites for hydroxylation is 1. The smallest absolute Gasteiger partial charge is 0.126 e. The van der Waals surface area contributed by atoms with Crippen molar-refractivity contribution in [3.05, 3.63) is 58.9 Å². The number of benzene rings is 1. The average Bonchev–Trinajstić information content (AvgIpc) is 2.20. The molecule has 0 aliphatic carbocycles. The first kappa shape index (κ1) is 11.7. The van der Waals surface area contributed by atoms with Gasteiger partial charge in [-0.1, -0.05) is 41.5 Å². The zero-order chi connectivity index (χ0) is 11.3. The maximum Gasteiger partial charge on any atom is 0.126 e. The van der Waals surface area contributed by atoms with Gasteiger partial charge in [-0.2, -0.15) is 0 Å². The molecule has 0 spiro atoms. The van der Waals surface area contributed by atoms with Gasteiger partial charge in [-0.15, -0.1) is 0 Å². The van der Waals surface area contributed by atoms with E-state index in [1.54, 1.807) is 6.07 Å². The van der Waals surface area contributed by atoms with E-state index in [-0.39, 0.29) is 5.82 Å². The van der Waals surface area contributed by atoms with Crippen LogP contribution in [0.25, 0.3) is 0 Å². The molecule has 0 saturated carbocycles. The summed E-state index contributed by atoms with van der Waals surface area (Å²) in [5.41, 5.74) is 3.04. The van der Waals surface area contributed by atoms with E-state index in [1.807, 2.05) is 45.1 Å². The maximum absolute atomic E-state index is 13.4. The van der Waals surface area contributed by atoms with Gasteiger partial charge < -0.3 is 0 Å². The highest BCUT2D eigenvalue weighted by Crippen LogP contribution is 2.14. The number of rotatable bonds is 3. The SMILES string of the molecule is C/C=C\C=C(/C)Cc1cc(C)ccc1F. The molecular weight excluding hydrogens is 187 g/mol. The number of hydrogen-bond donors (Lipinski definition) is 0. The number of hydrogen-bond acceptors (Lipinski definition) is 0. The third-order valence-corrected chi connectivity index (χ3v) is 2.24. The summed E-state index contributed by atoms with van der Waals surface area (Å²) in [6, 6.07) is 5.24. The van der Waals surface area contributed by atoms with Gasteiger partial charge in [-0.3, -0.25) is 0 Å². The first-order valence-electron chi connectivity index (χ1n) is 5.17. The molecule has 0 saturated heterocycles. The van der Waals surface area contributed by atoms with Gasteiger partial charge in [0.05, 0.1) is 0 Å². The van der Waals surface area contributed by atoms with E-state index in [0.29, 0.717) is 6.42 Å². The molecule has 0 aliphatic heterocycles. The predicted octanol–water partition coefficient (Wildman–Crippen LogP) is 4.20. The molecule has 0 unspecified atom stereocenters. The van der Waals surface area contributed by atoms with E-state index in [0.717, 1.165) is 16.7 Å². The second kappa shape index (κ2) is 5.50. The van der Waals surface area contributed by atoms with E-state index in [9.17, 15) is 4.39 Å². The predicted molar refractivity (Wildman–Crippen MR) is 63.4 cm³/mol. The van der Waals surface area contributed by atoms with Gasteiger partial charge in [-0.25, -0.2) is 4.39 Å². The normalized spacial score (nSPS) is 12.4. The quantitative estimate of drug-likeness (QED) is 0.647. The highest BCUT2D eigenvalue weighted by Gasteiger charge is 2.02. The summed E-state index contributed by atoms with van der Waals surface area (Å²) in [6.45, 7) is 5.97. The van der Waals surface area contributed by atoms with E-state index in [4.69, 9.17) is 0 Å². The van der Waals surface area contributed by atoms with Gasteiger partial charge in [0, 0.05) is 0 Å². The van der Waals surface area contributed by atoms with Crippen LogP contribution in [0.4, 0.5) is 4.39 Å². The number of allylic oxidation sites excluding steroid dienone is 4. The Labute approximate surface area is 91.1 Å². The molecule has 0 heterocycles. The second-order valence-corrected chi connectivity index (χ2v) is 3.81. The Morgan fingerprint density at radius 3 is 2.80 bits per heavy atom. The summed E-state index contributed by atoms with van der Waals surface area (Å²) in [6.07, 6.45) is 6.64. The van der Waals surface area contributed by atoms with Gasteiger partial charge >= 0.3 is 0 Å². The van der Waals surface area contributed by atoms with Crippen LogP contribution in [-0.4, -0.2) is 0 Å². The van der Waals surface area contributed by atoms with Crippen molar-refractivity contribution in [3.63, 3.8) is 0 Å². The molecule has 0 N–H and O–H groups in total. The van der Waals surface area contributed by atoms with Crippen LogP contribution in [0.15, 0.2) is 42.0 Å². The third-order valence-electron chi connectivity index (χ3n) is 2.24. The van der Waals surface area contributed by atoms with Gasteiger partial charge in [0.1, 0.15) is 5.82 Å². The van der Waals surface area contributed by atoms with Gasteiger partial charge in [0.2, 0.25) is 0 Å². The van der Waals surface area contributed by atoms with Crippen molar-refractivity contribution in [2.45, 2.75) is 27.2 Å². The molecule has 15 heavy (non-hydrogen) atoms. The summed E-state index contributed by atoms with van der Waals surface area (Å²) in [7, 11) is 0. The molecule has 0 radical (unpaired) electrons. The fourth-order valence-electron chi connectivity index (χ4n) is 1.46. The molecule has 0 atom stereocenters. The van der Waals surface area contributed by atoms with E-state index in [1.165, 1.54) is 6.07 Å².